The van der Waals surface area contributed by atoms with Crippen LogP contribution in [0.4, 0.5) is 0 Å². The molecule has 102 valence electrons. The molecule has 0 radical (unpaired) electrons. The van der Waals surface area contributed by atoms with Crippen molar-refractivity contribution in [2.75, 3.05) is 13.2 Å². The average molecular weight is 263 g/mol. The molecule has 0 aromatic heterocycles. The largest absolute Gasteiger partial charge is 0.478 e. The Kier molecular flexibility index (Phi) is 4.52. The predicted molar refractivity (Wildman–Crippen MR) is 69.1 cm³/mol. The second-order valence-electron chi connectivity index (χ2n) is 4.66. The van der Waals surface area contributed by atoms with Gasteiger partial charge < -0.3 is 15.2 Å². The number of carbonyl (C=O) groups excluding carboxylic acids is 1. The van der Waals surface area contributed by atoms with Crippen LogP contribution in [0.2, 0.25) is 0 Å². The number of aromatic carboxylic acids is 1. The Hall–Kier alpha value is -1.88. The number of amides is 1. The van der Waals surface area contributed by atoms with E-state index in [-0.39, 0.29) is 23.9 Å². The number of hydrogen-bond acceptors (Lipinski definition) is 3. The van der Waals surface area contributed by atoms with Gasteiger partial charge in [0.15, 0.2) is 0 Å². The maximum absolute atomic E-state index is 11.8. The third kappa shape index (κ3) is 4.06. The molecule has 0 bridgehead atoms. The summed E-state index contributed by atoms with van der Waals surface area (Å²) in [5.74, 6) is -1.02. The SMILES string of the molecule is O=C(Cc1ccc(C(=O)O)cc1)NC1CCCOC1. The van der Waals surface area contributed by atoms with Crippen molar-refractivity contribution >= 4 is 11.9 Å². The summed E-state index contributed by atoms with van der Waals surface area (Å²) in [4.78, 5) is 22.5. The van der Waals surface area contributed by atoms with E-state index in [1.54, 1.807) is 12.1 Å². The smallest absolute Gasteiger partial charge is 0.335 e. The van der Waals surface area contributed by atoms with Crippen molar-refractivity contribution in [3.63, 3.8) is 0 Å². The topological polar surface area (TPSA) is 75.6 Å². The normalized spacial score (nSPS) is 18.8. The van der Waals surface area contributed by atoms with Crippen molar-refractivity contribution in [2.24, 2.45) is 0 Å². The minimum Gasteiger partial charge on any atom is -0.478 e. The number of benzene rings is 1. The average Bonchev–Trinajstić information content (AvgIpc) is 2.40. The first-order valence-corrected chi connectivity index (χ1v) is 6.34. The van der Waals surface area contributed by atoms with Gasteiger partial charge >= 0.3 is 5.97 Å². The monoisotopic (exact) mass is 263 g/mol. The maximum Gasteiger partial charge on any atom is 0.335 e. The molecule has 1 aliphatic rings. The summed E-state index contributed by atoms with van der Waals surface area (Å²) < 4.78 is 5.30. The predicted octanol–water partition coefficient (Wildman–Crippen LogP) is 1.22. The van der Waals surface area contributed by atoms with Gasteiger partial charge in [0.2, 0.25) is 5.91 Å². The van der Waals surface area contributed by atoms with E-state index in [2.05, 4.69) is 5.32 Å². The molecule has 5 nitrogen and oxygen atoms in total. The summed E-state index contributed by atoms with van der Waals surface area (Å²) in [7, 11) is 0. The molecule has 0 saturated carbocycles. The minimum atomic E-state index is -0.963. The lowest BCUT2D eigenvalue weighted by Crippen LogP contribution is -2.41. The molecule has 1 atom stereocenters. The van der Waals surface area contributed by atoms with Gasteiger partial charge in [-0.15, -0.1) is 0 Å². The Labute approximate surface area is 111 Å². The molecule has 0 spiro atoms. The van der Waals surface area contributed by atoms with E-state index in [0.717, 1.165) is 25.0 Å². The van der Waals surface area contributed by atoms with E-state index >= 15 is 0 Å². The first-order valence-electron chi connectivity index (χ1n) is 6.34. The highest BCUT2D eigenvalue weighted by molar-refractivity contribution is 5.87. The fourth-order valence-electron chi connectivity index (χ4n) is 2.08. The third-order valence-electron chi connectivity index (χ3n) is 3.09. The van der Waals surface area contributed by atoms with Gasteiger partial charge in [0.25, 0.3) is 0 Å². The van der Waals surface area contributed by atoms with Gasteiger partial charge in [-0.3, -0.25) is 4.79 Å². The lowest BCUT2D eigenvalue weighted by atomic mass is 10.1. The van der Waals surface area contributed by atoms with Crippen LogP contribution in [0.25, 0.3) is 0 Å². The Balaban J connectivity index is 1.85. The molecule has 1 aromatic carbocycles. The van der Waals surface area contributed by atoms with Crippen molar-refractivity contribution in [3.8, 4) is 0 Å². The lowest BCUT2D eigenvalue weighted by Gasteiger charge is -2.23. The van der Waals surface area contributed by atoms with E-state index in [0.29, 0.717) is 6.61 Å². The highest BCUT2D eigenvalue weighted by Gasteiger charge is 2.16. The molecular weight excluding hydrogens is 246 g/mol. The molecule has 19 heavy (non-hydrogen) atoms. The van der Waals surface area contributed by atoms with Crippen LogP contribution in [0, 0.1) is 0 Å². The highest BCUT2D eigenvalue weighted by Crippen LogP contribution is 2.08. The zero-order valence-electron chi connectivity index (χ0n) is 10.6. The molecule has 1 aliphatic heterocycles. The van der Waals surface area contributed by atoms with Gasteiger partial charge in [0.05, 0.1) is 24.6 Å². The Morgan fingerprint density at radius 1 is 1.32 bits per heavy atom. The summed E-state index contributed by atoms with van der Waals surface area (Å²) in [6.07, 6.45) is 2.18. The van der Waals surface area contributed by atoms with E-state index in [9.17, 15) is 9.59 Å². The van der Waals surface area contributed by atoms with Crippen molar-refractivity contribution < 1.29 is 19.4 Å². The number of nitrogens with one attached hydrogen (secondary N) is 1. The van der Waals surface area contributed by atoms with Crippen molar-refractivity contribution in [1.29, 1.82) is 0 Å². The lowest BCUT2D eigenvalue weighted by molar-refractivity contribution is -0.122. The van der Waals surface area contributed by atoms with Crippen LogP contribution in [-0.4, -0.2) is 36.2 Å². The van der Waals surface area contributed by atoms with Crippen LogP contribution in [0.1, 0.15) is 28.8 Å². The number of carbonyl (C=O) groups is 2. The standard InChI is InChI=1S/C14H17NO4/c16-13(15-12-2-1-7-19-9-12)8-10-3-5-11(6-4-10)14(17)18/h3-6,12H,1-2,7-9H2,(H,15,16)(H,17,18). The number of hydrogen-bond donors (Lipinski definition) is 2. The van der Waals surface area contributed by atoms with Crippen molar-refractivity contribution in [2.45, 2.75) is 25.3 Å². The van der Waals surface area contributed by atoms with Gasteiger partial charge in [-0.2, -0.15) is 0 Å². The van der Waals surface area contributed by atoms with Crippen molar-refractivity contribution in [3.05, 3.63) is 35.4 Å². The van der Waals surface area contributed by atoms with Crippen LogP contribution in [-0.2, 0) is 16.0 Å². The third-order valence-corrected chi connectivity index (χ3v) is 3.09. The first kappa shape index (κ1) is 13.5. The minimum absolute atomic E-state index is 0.0569. The van der Waals surface area contributed by atoms with E-state index in [1.165, 1.54) is 12.1 Å². The second-order valence-corrected chi connectivity index (χ2v) is 4.66. The molecule has 5 heteroatoms. The van der Waals surface area contributed by atoms with Crippen LogP contribution in [0.5, 0.6) is 0 Å². The van der Waals surface area contributed by atoms with E-state index in [4.69, 9.17) is 9.84 Å². The number of rotatable bonds is 4. The molecule has 1 heterocycles. The van der Waals surface area contributed by atoms with Gasteiger partial charge in [-0.05, 0) is 30.5 Å². The number of ether oxygens (including phenoxy) is 1. The zero-order chi connectivity index (χ0) is 13.7. The molecule has 1 amide bonds. The summed E-state index contributed by atoms with van der Waals surface area (Å²) in [5.41, 5.74) is 1.03. The summed E-state index contributed by atoms with van der Waals surface area (Å²) in [6, 6.07) is 6.45. The Morgan fingerprint density at radius 3 is 2.63 bits per heavy atom. The van der Waals surface area contributed by atoms with Gasteiger partial charge in [-0.1, -0.05) is 12.1 Å². The molecule has 0 aliphatic carbocycles. The Bertz CT molecular complexity index is 449. The van der Waals surface area contributed by atoms with Gasteiger partial charge in [0, 0.05) is 6.61 Å². The molecule has 1 fully saturated rings. The van der Waals surface area contributed by atoms with E-state index in [1.807, 2.05) is 0 Å². The fraction of sp³-hybridized carbons (Fsp3) is 0.429. The number of carboxylic acids is 1. The second kappa shape index (κ2) is 6.33. The molecule has 1 unspecified atom stereocenters. The maximum atomic E-state index is 11.8. The quantitative estimate of drug-likeness (QED) is 0.856. The summed E-state index contributed by atoms with van der Waals surface area (Å²) in [6.45, 7) is 1.34. The first-order chi connectivity index (χ1) is 9.15. The van der Waals surface area contributed by atoms with Crippen LogP contribution in [0.3, 0.4) is 0 Å². The van der Waals surface area contributed by atoms with Crippen LogP contribution >= 0.6 is 0 Å². The van der Waals surface area contributed by atoms with Crippen LogP contribution in [0.15, 0.2) is 24.3 Å². The molecule has 2 rings (SSSR count). The molecular formula is C14H17NO4. The fourth-order valence-corrected chi connectivity index (χ4v) is 2.08. The van der Waals surface area contributed by atoms with E-state index < -0.39 is 5.97 Å². The van der Waals surface area contributed by atoms with Gasteiger partial charge in [0.1, 0.15) is 0 Å². The van der Waals surface area contributed by atoms with Gasteiger partial charge in [-0.25, -0.2) is 4.79 Å². The molecule has 1 aromatic rings. The number of carboxylic acid groups (broad SMARTS) is 1. The molecule has 2 N–H and O–H groups in total. The molecule has 1 saturated heterocycles. The van der Waals surface area contributed by atoms with Crippen molar-refractivity contribution in [1.82, 2.24) is 5.32 Å². The Morgan fingerprint density at radius 2 is 2.05 bits per heavy atom. The van der Waals surface area contributed by atoms with Crippen LogP contribution < -0.4 is 5.32 Å². The highest BCUT2D eigenvalue weighted by atomic mass is 16.5. The summed E-state index contributed by atoms with van der Waals surface area (Å²) >= 11 is 0. The summed E-state index contributed by atoms with van der Waals surface area (Å²) in [5, 5.41) is 11.7. The zero-order valence-corrected chi connectivity index (χ0v) is 10.6.